The van der Waals surface area contributed by atoms with Crippen LogP contribution in [-0.2, 0) is 4.79 Å². The van der Waals surface area contributed by atoms with E-state index in [0.717, 1.165) is 36.4 Å². The van der Waals surface area contributed by atoms with Crippen LogP contribution in [0.25, 0.3) is 0 Å². The highest BCUT2D eigenvalue weighted by molar-refractivity contribution is 6.04. The number of nitrogens with one attached hydrogen (secondary N) is 1. The van der Waals surface area contributed by atoms with Crippen LogP contribution in [-0.4, -0.2) is 43.9 Å². The molecule has 1 amide bonds. The third-order valence-corrected chi connectivity index (χ3v) is 5.09. The molecule has 28 heavy (non-hydrogen) atoms. The fourth-order valence-electron chi connectivity index (χ4n) is 3.74. The summed E-state index contributed by atoms with van der Waals surface area (Å²) in [4.78, 5) is 26.6. The zero-order chi connectivity index (χ0) is 20.1. The van der Waals surface area contributed by atoms with Crippen molar-refractivity contribution in [1.29, 1.82) is 0 Å². The van der Waals surface area contributed by atoms with Gasteiger partial charge in [0.05, 0.1) is 26.5 Å². The summed E-state index contributed by atoms with van der Waals surface area (Å²) < 4.78 is 10.9. The van der Waals surface area contributed by atoms with Crippen molar-refractivity contribution in [2.45, 2.75) is 25.8 Å². The summed E-state index contributed by atoms with van der Waals surface area (Å²) in [6, 6.07) is 12.9. The van der Waals surface area contributed by atoms with Crippen molar-refractivity contribution in [1.82, 2.24) is 4.90 Å². The first-order chi connectivity index (χ1) is 13.5. The number of likely N-dealkylation sites (tertiary alicyclic amines) is 1. The quantitative estimate of drug-likeness (QED) is 0.740. The summed E-state index contributed by atoms with van der Waals surface area (Å²) in [6.07, 6.45) is 1.95. The van der Waals surface area contributed by atoms with Crippen LogP contribution in [0.4, 0.5) is 5.69 Å². The normalized spacial score (nSPS) is 16.6. The first-order valence-corrected chi connectivity index (χ1v) is 9.39. The lowest BCUT2D eigenvalue weighted by molar-refractivity contribution is -0.117. The van der Waals surface area contributed by atoms with Gasteiger partial charge in [0, 0.05) is 17.2 Å². The van der Waals surface area contributed by atoms with Gasteiger partial charge in [0.25, 0.3) is 0 Å². The Kier molecular flexibility index (Phi) is 6.31. The summed E-state index contributed by atoms with van der Waals surface area (Å²) in [7, 11) is 3.29. The standard InChI is InChI=1S/C22H26N2O4/c1-15(25)17-7-4-5-8-19(17)23-22(26)14-24-12-6-9-20(24)18-13-16(27-2)10-11-21(18)28-3/h4-5,7-8,10-11,13,20H,6,9,12,14H2,1-3H3,(H,23,26). The monoisotopic (exact) mass is 382 g/mol. The van der Waals surface area contributed by atoms with Crippen molar-refractivity contribution in [2.75, 3.05) is 32.6 Å². The minimum Gasteiger partial charge on any atom is -0.497 e. The number of amides is 1. The van der Waals surface area contributed by atoms with Crippen molar-refractivity contribution in [3.05, 3.63) is 53.6 Å². The number of Topliss-reactive ketones (excluding diaryl/α,β-unsaturated/α-hetero) is 1. The number of para-hydroxylation sites is 1. The Labute approximate surface area is 165 Å². The summed E-state index contributed by atoms with van der Waals surface area (Å²) in [5, 5.41) is 2.88. The molecule has 6 heteroatoms. The van der Waals surface area contributed by atoms with Gasteiger partial charge >= 0.3 is 0 Å². The van der Waals surface area contributed by atoms with E-state index in [1.165, 1.54) is 6.92 Å². The molecule has 1 N–H and O–H groups in total. The first kappa shape index (κ1) is 19.9. The molecule has 0 radical (unpaired) electrons. The Bertz CT molecular complexity index is 865. The lowest BCUT2D eigenvalue weighted by Crippen LogP contribution is -2.33. The maximum absolute atomic E-state index is 12.7. The highest BCUT2D eigenvalue weighted by atomic mass is 16.5. The van der Waals surface area contributed by atoms with E-state index in [9.17, 15) is 9.59 Å². The number of benzene rings is 2. The number of nitrogens with zero attached hydrogens (tertiary/aromatic N) is 1. The maximum atomic E-state index is 12.7. The van der Waals surface area contributed by atoms with Crippen molar-refractivity contribution in [3.63, 3.8) is 0 Å². The third-order valence-electron chi connectivity index (χ3n) is 5.09. The number of anilines is 1. The molecule has 1 fully saturated rings. The second kappa shape index (κ2) is 8.89. The van der Waals surface area contributed by atoms with Gasteiger partial charge in [-0.25, -0.2) is 0 Å². The molecule has 2 aromatic carbocycles. The largest absolute Gasteiger partial charge is 0.497 e. The fourth-order valence-corrected chi connectivity index (χ4v) is 3.74. The number of ether oxygens (including phenoxy) is 2. The Balaban J connectivity index is 1.76. The average molecular weight is 382 g/mol. The van der Waals surface area contributed by atoms with Gasteiger partial charge in [0.2, 0.25) is 5.91 Å². The van der Waals surface area contributed by atoms with E-state index >= 15 is 0 Å². The molecule has 2 aromatic rings. The van der Waals surface area contributed by atoms with Gasteiger partial charge in [-0.3, -0.25) is 14.5 Å². The van der Waals surface area contributed by atoms with E-state index in [1.54, 1.807) is 32.4 Å². The molecule has 0 saturated carbocycles. The molecule has 1 unspecified atom stereocenters. The van der Waals surface area contributed by atoms with E-state index in [2.05, 4.69) is 10.2 Å². The maximum Gasteiger partial charge on any atom is 0.238 e. The smallest absolute Gasteiger partial charge is 0.238 e. The van der Waals surface area contributed by atoms with Crippen molar-refractivity contribution >= 4 is 17.4 Å². The van der Waals surface area contributed by atoms with Crippen molar-refractivity contribution < 1.29 is 19.1 Å². The van der Waals surface area contributed by atoms with E-state index in [-0.39, 0.29) is 24.3 Å². The predicted octanol–water partition coefficient (Wildman–Crippen LogP) is 3.68. The molecule has 6 nitrogen and oxygen atoms in total. The van der Waals surface area contributed by atoms with E-state index in [4.69, 9.17) is 9.47 Å². The molecule has 1 atom stereocenters. The third kappa shape index (κ3) is 4.34. The zero-order valence-corrected chi connectivity index (χ0v) is 16.5. The lowest BCUT2D eigenvalue weighted by atomic mass is 10.0. The average Bonchev–Trinajstić information content (AvgIpc) is 3.15. The van der Waals surface area contributed by atoms with Crippen LogP contribution in [0.5, 0.6) is 11.5 Å². The van der Waals surface area contributed by atoms with Gasteiger partial charge in [-0.05, 0) is 56.6 Å². The molecule has 1 aliphatic rings. The second-order valence-corrected chi connectivity index (χ2v) is 6.89. The van der Waals surface area contributed by atoms with Crippen LogP contribution in [0.2, 0.25) is 0 Å². The van der Waals surface area contributed by atoms with Gasteiger partial charge in [-0.1, -0.05) is 12.1 Å². The summed E-state index contributed by atoms with van der Waals surface area (Å²) >= 11 is 0. The SMILES string of the molecule is COc1ccc(OC)c(C2CCCN2CC(=O)Nc2ccccc2C(C)=O)c1. The first-order valence-electron chi connectivity index (χ1n) is 9.39. The Hall–Kier alpha value is -2.86. The van der Waals surface area contributed by atoms with Crippen molar-refractivity contribution in [3.8, 4) is 11.5 Å². The summed E-state index contributed by atoms with van der Waals surface area (Å²) in [5.41, 5.74) is 2.09. The minimum atomic E-state index is -0.137. The zero-order valence-electron chi connectivity index (χ0n) is 16.5. The van der Waals surface area contributed by atoms with Crippen LogP contribution >= 0.6 is 0 Å². The van der Waals surface area contributed by atoms with Gasteiger partial charge in [-0.15, -0.1) is 0 Å². The minimum absolute atomic E-state index is 0.0731. The molecule has 0 aliphatic carbocycles. The Morgan fingerprint density at radius 2 is 1.93 bits per heavy atom. The van der Waals surface area contributed by atoms with Crippen molar-refractivity contribution in [2.24, 2.45) is 0 Å². The van der Waals surface area contributed by atoms with Crippen LogP contribution in [0.1, 0.15) is 41.7 Å². The van der Waals surface area contributed by atoms with E-state index in [1.807, 2.05) is 24.3 Å². The second-order valence-electron chi connectivity index (χ2n) is 6.89. The van der Waals surface area contributed by atoms with Gasteiger partial charge in [-0.2, -0.15) is 0 Å². The molecule has 148 valence electrons. The molecule has 0 spiro atoms. The molecule has 0 bridgehead atoms. The van der Waals surface area contributed by atoms with Crippen LogP contribution in [0.3, 0.4) is 0 Å². The molecule has 0 aromatic heterocycles. The number of hydrogen-bond donors (Lipinski definition) is 1. The molecule has 1 heterocycles. The van der Waals surface area contributed by atoms with Crippen LogP contribution in [0.15, 0.2) is 42.5 Å². The van der Waals surface area contributed by atoms with Gasteiger partial charge in [0.15, 0.2) is 5.78 Å². The van der Waals surface area contributed by atoms with Gasteiger partial charge < -0.3 is 14.8 Å². The number of carbonyl (C=O) groups excluding carboxylic acids is 2. The number of rotatable bonds is 7. The topological polar surface area (TPSA) is 67.9 Å². The fraction of sp³-hybridized carbons (Fsp3) is 0.364. The molecule has 3 rings (SSSR count). The highest BCUT2D eigenvalue weighted by Crippen LogP contribution is 2.38. The Morgan fingerprint density at radius 1 is 1.14 bits per heavy atom. The molecule has 1 saturated heterocycles. The number of hydrogen-bond acceptors (Lipinski definition) is 5. The lowest BCUT2D eigenvalue weighted by Gasteiger charge is -2.26. The van der Waals surface area contributed by atoms with Gasteiger partial charge in [0.1, 0.15) is 11.5 Å². The summed E-state index contributed by atoms with van der Waals surface area (Å²) in [5.74, 6) is 1.35. The highest BCUT2D eigenvalue weighted by Gasteiger charge is 2.30. The van der Waals surface area contributed by atoms with Crippen LogP contribution < -0.4 is 14.8 Å². The van der Waals surface area contributed by atoms with E-state index < -0.39 is 0 Å². The summed E-state index contributed by atoms with van der Waals surface area (Å²) in [6.45, 7) is 2.57. The molecular formula is C22H26N2O4. The van der Waals surface area contributed by atoms with E-state index in [0.29, 0.717) is 11.3 Å². The molecule has 1 aliphatic heterocycles. The Morgan fingerprint density at radius 3 is 2.64 bits per heavy atom. The number of methoxy groups -OCH3 is 2. The predicted molar refractivity (Wildman–Crippen MR) is 108 cm³/mol. The van der Waals surface area contributed by atoms with Crippen LogP contribution in [0, 0.1) is 0 Å². The number of carbonyl (C=O) groups is 2. The number of ketones is 1. The molecular weight excluding hydrogens is 356 g/mol.